The molecule has 0 atom stereocenters. The fourth-order valence-corrected chi connectivity index (χ4v) is 4.38. The van der Waals surface area contributed by atoms with Crippen LogP contribution in [-0.4, -0.2) is 8.42 Å². The zero-order valence-electron chi connectivity index (χ0n) is 13.3. The number of nitrogens with one attached hydrogen (secondary N) is 1. The van der Waals surface area contributed by atoms with Crippen LogP contribution >= 0.6 is 0 Å². The van der Waals surface area contributed by atoms with Crippen LogP contribution in [0.25, 0.3) is 10.8 Å². The molecule has 24 heavy (non-hydrogen) atoms. The molecule has 0 saturated carbocycles. The maximum Gasteiger partial charge on any atom is 0.240 e. The van der Waals surface area contributed by atoms with Crippen LogP contribution in [0.1, 0.15) is 23.1 Å². The monoisotopic (exact) mass is 337 g/mol. The van der Waals surface area contributed by atoms with Crippen LogP contribution in [-0.2, 0) is 29.4 Å². The Balaban J connectivity index is 1.56. The van der Waals surface area contributed by atoms with E-state index in [1.165, 1.54) is 17.5 Å². The smallest absolute Gasteiger partial charge is 0.207 e. The van der Waals surface area contributed by atoms with Crippen molar-refractivity contribution in [3.63, 3.8) is 0 Å². The van der Waals surface area contributed by atoms with Crippen molar-refractivity contribution in [2.24, 2.45) is 0 Å². The summed E-state index contributed by atoms with van der Waals surface area (Å²) in [5, 5.41) is 1.97. The third kappa shape index (κ3) is 2.95. The van der Waals surface area contributed by atoms with Gasteiger partial charge in [-0.2, -0.15) is 0 Å². The molecule has 3 aromatic rings. The van der Waals surface area contributed by atoms with Crippen LogP contribution in [0.2, 0.25) is 0 Å². The molecule has 0 amide bonds. The molecule has 1 N–H and O–H groups in total. The van der Waals surface area contributed by atoms with Gasteiger partial charge >= 0.3 is 0 Å². The van der Waals surface area contributed by atoms with E-state index in [9.17, 15) is 8.42 Å². The minimum absolute atomic E-state index is 0.308. The van der Waals surface area contributed by atoms with Gasteiger partial charge in [-0.15, -0.1) is 0 Å². The molecule has 0 spiro atoms. The van der Waals surface area contributed by atoms with E-state index in [1.54, 1.807) is 12.1 Å². The summed E-state index contributed by atoms with van der Waals surface area (Å²) in [6.45, 7) is 0.322. The Kier molecular flexibility index (Phi) is 3.87. The van der Waals surface area contributed by atoms with Crippen molar-refractivity contribution >= 4 is 20.8 Å². The van der Waals surface area contributed by atoms with E-state index in [1.807, 2.05) is 36.4 Å². The highest BCUT2D eigenvalue weighted by atomic mass is 32.2. The van der Waals surface area contributed by atoms with Crippen LogP contribution < -0.4 is 4.72 Å². The molecule has 0 bridgehead atoms. The molecular formula is C20H19NO2S. The Morgan fingerprint density at radius 3 is 2.50 bits per heavy atom. The number of rotatable bonds is 4. The maximum absolute atomic E-state index is 12.6. The van der Waals surface area contributed by atoms with Crippen molar-refractivity contribution in [2.45, 2.75) is 30.7 Å². The average Bonchev–Trinajstić information content (AvgIpc) is 3.07. The van der Waals surface area contributed by atoms with Crippen molar-refractivity contribution in [3.05, 3.63) is 77.4 Å². The average molecular weight is 337 g/mol. The van der Waals surface area contributed by atoms with Crippen molar-refractivity contribution in [1.29, 1.82) is 0 Å². The van der Waals surface area contributed by atoms with Gasteiger partial charge in [-0.3, -0.25) is 0 Å². The number of sulfonamides is 1. The molecule has 3 nitrogen and oxygen atoms in total. The molecule has 0 heterocycles. The molecule has 4 rings (SSSR count). The van der Waals surface area contributed by atoms with Crippen LogP contribution in [0.3, 0.4) is 0 Å². The highest BCUT2D eigenvalue weighted by Crippen LogP contribution is 2.23. The largest absolute Gasteiger partial charge is 0.240 e. The van der Waals surface area contributed by atoms with Crippen LogP contribution in [0.5, 0.6) is 0 Å². The molecule has 0 aromatic heterocycles. The second-order valence-electron chi connectivity index (χ2n) is 6.29. The van der Waals surface area contributed by atoms with Crippen molar-refractivity contribution in [1.82, 2.24) is 4.72 Å². The minimum atomic E-state index is -3.51. The van der Waals surface area contributed by atoms with E-state index in [0.29, 0.717) is 11.4 Å². The summed E-state index contributed by atoms with van der Waals surface area (Å²) in [4.78, 5) is 0.308. The number of aryl methyl sites for hydroxylation is 2. The quantitative estimate of drug-likeness (QED) is 0.787. The predicted octanol–water partition coefficient (Wildman–Crippen LogP) is 3.81. The third-order valence-electron chi connectivity index (χ3n) is 4.66. The van der Waals surface area contributed by atoms with Gasteiger partial charge in [-0.25, -0.2) is 13.1 Å². The number of fused-ring (bicyclic) bond motifs is 2. The molecule has 4 heteroatoms. The van der Waals surface area contributed by atoms with Crippen LogP contribution in [0, 0.1) is 0 Å². The SMILES string of the molecule is O=S(=O)(NCc1ccc2c(c1)CCC2)c1ccc2ccccc2c1. The number of benzene rings is 3. The minimum Gasteiger partial charge on any atom is -0.207 e. The van der Waals surface area contributed by atoms with Crippen molar-refractivity contribution in [2.75, 3.05) is 0 Å². The van der Waals surface area contributed by atoms with Gasteiger partial charge in [0.05, 0.1) is 4.90 Å². The van der Waals surface area contributed by atoms with E-state index in [0.717, 1.165) is 29.2 Å². The summed E-state index contributed by atoms with van der Waals surface area (Å²) in [6, 6.07) is 19.3. The Labute approximate surface area is 142 Å². The van der Waals surface area contributed by atoms with Crippen LogP contribution in [0.15, 0.2) is 65.6 Å². The Hall–Kier alpha value is -2.17. The first-order chi connectivity index (χ1) is 11.6. The summed E-state index contributed by atoms with van der Waals surface area (Å²) < 4.78 is 27.9. The zero-order valence-corrected chi connectivity index (χ0v) is 14.1. The maximum atomic E-state index is 12.6. The topological polar surface area (TPSA) is 46.2 Å². The summed E-state index contributed by atoms with van der Waals surface area (Å²) in [6.07, 6.45) is 3.43. The lowest BCUT2D eigenvalue weighted by Crippen LogP contribution is -2.23. The van der Waals surface area contributed by atoms with Crippen LogP contribution in [0.4, 0.5) is 0 Å². The lowest BCUT2D eigenvalue weighted by Gasteiger charge is -2.09. The van der Waals surface area contributed by atoms with Crippen molar-refractivity contribution in [3.8, 4) is 0 Å². The summed E-state index contributed by atoms with van der Waals surface area (Å²) in [5.74, 6) is 0. The molecule has 0 aliphatic heterocycles. The van der Waals surface area contributed by atoms with Crippen molar-refractivity contribution < 1.29 is 8.42 Å². The van der Waals surface area contributed by atoms with E-state index < -0.39 is 10.0 Å². The van der Waals surface area contributed by atoms with E-state index in [4.69, 9.17) is 0 Å². The fraction of sp³-hybridized carbons (Fsp3) is 0.200. The first-order valence-electron chi connectivity index (χ1n) is 8.21. The molecule has 1 aliphatic rings. The van der Waals surface area contributed by atoms with Gasteiger partial charge in [0.2, 0.25) is 10.0 Å². The second-order valence-corrected chi connectivity index (χ2v) is 8.06. The highest BCUT2D eigenvalue weighted by Gasteiger charge is 2.15. The predicted molar refractivity (Wildman–Crippen MR) is 96.4 cm³/mol. The molecule has 0 unspecified atom stereocenters. The molecule has 1 aliphatic carbocycles. The van der Waals surface area contributed by atoms with Gasteiger partial charge in [0.1, 0.15) is 0 Å². The normalized spacial score (nSPS) is 14.0. The van der Waals surface area contributed by atoms with Gasteiger partial charge < -0.3 is 0 Å². The number of hydrogen-bond acceptors (Lipinski definition) is 2. The first kappa shape index (κ1) is 15.4. The molecule has 3 aromatic carbocycles. The number of hydrogen-bond donors (Lipinski definition) is 1. The first-order valence-corrected chi connectivity index (χ1v) is 9.69. The zero-order chi connectivity index (χ0) is 16.6. The van der Waals surface area contributed by atoms with Gasteiger partial charge in [-0.05, 0) is 58.9 Å². The van der Waals surface area contributed by atoms with Gasteiger partial charge in [0.25, 0.3) is 0 Å². The summed E-state index contributed by atoms with van der Waals surface area (Å²) >= 11 is 0. The molecule has 0 radical (unpaired) electrons. The Morgan fingerprint density at radius 2 is 1.62 bits per heavy atom. The fourth-order valence-electron chi connectivity index (χ4n) is 3.33. The van der Waals surface area contributed by atoms with E-state index >= 15 is 0 Å². The summed E-state index contributed by atoms with van der Waals surface area (Å²) in [5.41, 5.74) is 3.77. The highest BCUT2D eigenvalue weighted by molar-refractivity contribution is 7.89. The second kappa shape index (κ2) is 6.04. The molecular weight excluding hydrogens is 318 g/mol. The Morgan fingerprint density at radius 1 is 0.833 bits per heavy atom. The lowest BCUT2D eigenvalue weighted by atomic mass is 10.1. The summed E-state index contributed by atoms with van der Waals surface area (Å²) in [7, 11) is -3.51. The van der Waals surface area contributed by atoms with Gasteiger partial charge in [0.15, 0.2) is 0 Å². The molecule has 122 valence electrons. The Bertz CT molecular complexity index is 1010. The lowest BCUT2D eigenvalue weighted by molar-refractivity contribution is 0.581. The molecule has 0 saturated heterocycles. The third-order valence-corrected chi connectivity index (χ3v) is 6.06. The van der Waals surface area contributed by atoms with E-state index in [2.05, 4.69) is 16.9 Å². The van der Waals surface area contributed by atoms with Gasteiger partial charge in [-0.1, -0.05) is 48.5 Å². The van der Waals surface area contributed by atoms with E-state index in [-0.39, 0.29) is 0 Å². The standard InChI is InChI=1S/C20H19NO2S/c22-24(23,20-11-10-16-4-1-2-5-19(16)13-20)21-14-15-8-9-17-6-3-7-18(17)12-15/h1-2,4-5,8-13,21H,3,6-7,14H2. The molecule has 0 fully saturated rings. The van der Waals surface area contributed by atoms with Gasteiger partial charge in [0, 0.05) is 6.54 Å².